The SMILES string of the molecule is CC1CN(C(=O)c2cc(N)c(F)cc2[N+](=O)[O-])CCC1O. The summed E-state index contributed by atoms with van der Waals surface area (Å²) in [4.78, 5) is 24.0. The molecule has 1 aromatic rings. The summed E-state index contributed by atoms with van der Waals surface area (Å²) < 4.78 is 13.4. The van der Waals surface area contributed by atoms with Crippen molar-refractivity contribution in [2.45, 2.75) is 19.4 Å². The lowest BCUT2D eigenvalue weighted by atomic mass is 9.96. The number of nitrogens with zero attached hydrogens (tertiary/aromatic N) is 2. The predicted molar refractivity (Wildman–Crippen MR) is 73.2 cm³/mol. The van der Waals surface area contributed by atoms with Crippen LogP contribution in [0, 0.1) is 21.8 Å². The molecule has 0 aromatic heterocycles. The molecule has 1 fully saturated rings. The van der Waals surface area contributed by atoms with Gasteiger partial charge in [-0.2, -0.15) is 0 Å². The van der Waals surface area contributed by atoms with E-state index in [4.69, 9.17) is 5.73 Å². The number of nitro benzene ring substituents is 1. The Morgan fingerprint density at radius 2 is 2.24 bits per heavy atom. The lowest BCUT2D eigenvalue weighted by molar-refractivity contribution is -0.385. The van der Waals surface area contributed by atoms with Gasteiger partial charge < -0.3 is 15.7 Å². The third kappa shape index (κ3) is 2.94. The molecule has 0 aliphatic carbocycles. The number of rotatable bonds is 2. The van der Waals surface area contributed by atoms with Crippen molar-refractivity contribution in [3.05, 3.63) is 33.6 Å². The molecule has 1 aliphatic heterocycles. The number of nitro groups is 1. The Morgan fingerprint density at radius 3 is 2.81 bits per heavy atom. The largest absolute Gasteiger partial charge is 0.396 e. The molecule has 1 aliphatic rings. The van der Waals surface area contributed by atoms with Crippen molar-refractivity contribution in [1.29, 1.82) is 0 Å². The van der Waals surface area contributed by atoms with Gasteiger partial charge in [0.1, 0.15) is 5.56 Å². The third-order valence-corrected chi connectivity index (χ3v) is 3.69. The second-order valence-corrected chi connectivity index (χ2v) is 5.23. The van der Waals surface area contributed by atoms with Crippen LogP contribution in [0.2, 0.25) is 0 Å². The van der Waals surface area contributed by atoms with Gasteiger partial charge in [-0.3, -0.25) is 14.9 Å². The number of benzene rings is 1. The van der Waals surface area contributed by atoms with Crippen molar-refractivity contribution in [1.82, 2.24) is 4.90 Å². The molecule has 0 spiro atoms. The van der Waals surface area contributed by atoms with E-state index in [1.165, 1.54) is 4.90 Å². The van der Waals surface area contributed by atoms with Crippen LogP contribution >= 0.6 is 0 Å². The molecule has 3 N–H and O–H groups in total. The van der Waals surface area contributed by atoms with Gasteiger partial charge in [-0.05, 0) is 18.4 Å². The van der Waals surface area contributed by atoms with Crippen LogP contribution in [0.25, 0.3) is 0 Å². The number of hydrogen-bond acceptors (Lipinski definition) is 5. The first-order valence-electron chi connectivity index (χ1n) is 6.52. The summed E-state index contributed by atoms with van der Waals surface area (Å²) in [6, 6.07) is 1.65. The molecule has 7 nitrogen and oxygen atoms in total. The molecule has 0 bridgehead atoms. The first-order valence-corrected chi connectivity index (χ1v) is 6.52. The minimum atomic E-state index is -0.930. The van der Waals surface area contributed by atoms with Crippen LogP contribution in [0.5, 0.6) is 0 Å². The van der Waals surface area contributed by atoms with Crippen LogP contribution in [-0.2, 0) is 0 Å². The first kappa shape index (κ1) is 15.2. The van der Waals surface area contributed by atoms with E-state index < -0.39 is 28.4 Å². The maximum Gasteiger partial charge on any atom is 0.285 e. The van der Waals surface area contributed by atoms with Crippen LogP contribution in [0.1, 0.15) is 23.7 Å². The summed E-state index contributed by atoms with van der Waals surface area (Å²) in [6.07, 6.45) is -0.0977. The molecule has 1 saturated heterocycles. The molecule has 114 valence electrons. The number of anilines is 1. The zero-order chi connectivity index (χ0) is 15.7. The molecule has 0 saturated carbocycles. The topological polar surface area (TPSA) is 110 Å². The molecule has 8 heteroatoms. The fourth-order valence-corrected chi connectivity index (χ4v) is 2.39. The van der Waals surface area contributed by atoms with E-state index in [0.29, 0.717) is 19.0 Å². The molecule has 21 heavy (non-hydrogen) atoms. The molecule has 2 unspecified atom stereocenters. The Bertz CT molecular complexity index is 593. The van der Waals surface area contributed by atoms with Gasteiger partial charge in [0.2, 0.25) is 0 Å². The summed E-state index contributed by atoms with van der Waals surface area (Å²) in [6.45, 7) is 2.37. The second-order valence-electron chi connectivity index (χ2n) is 5.23. The lowest BCUT2D eigenvalue weighted by Gasteiger charge is -2.34. The van der Waals surface area contributed by atoms with Crippen LogP contribution < -0.4 is 5.73 Å². The molecule has 1 aromatic carbocycles. The molecular weight excluding hydrogens is 281 g/mol. The quantitative estimate of drug-likeness (QED) is 0.483. The highest BCUT2D eigenvalue weighted by Gasteiger charge is 2.31. The maximum absolute atomic E-state index is 13.4. The van der Waals surface area contributed by atoms with Gasteiger partial charge in [0.25, 0.3) is 11.6 Å². The number of amides is 1. The van der Waals surface area contributed by atoms with Crippen molar-refractivity contribution >= 4 is 17.3 Å². The number of likely N-dealkylation sites (tertiary alicyclic amines) is 1. The van der Waals surface area contributed by atoms with Gasteiger partial charge in [0, 0.05) is 13.1 Å². The number of nitrogens with two attached hydrogens (primary N) is 1. The average Bonchev–Trinajstić information content (AvgIpc) is 2.43. The van der Waals surface area contributed by atoms with Gasteiger partial charge in [0.15, 0.2) is 5.82 Å². The van der Waals surface area contributed by atoms with Gasteiger partial charge >= 0.3 is 0 Å². The summed E-state index contributed by atoms with van der Waals surface area (Å²) in [5, 5.41) is 20.6. The van der Waals surface area contributed by atoms with Crippen LogP contribution in [0.4, 0.5) is 15.8 Å². The summed E-state index contributed by atoms with van der Waals surface area (Å²) in [5.74, 6) is -1.63. The number of piperidine rings is 1. The Kier molecular flexibility index (Phi) is 4.08. The van der Waals surface area contributed by atoms with E-state index in [1.54, 1.807) is 6.92 Å². The van der Waals surface area contributed by atoms with Crippen molar-refractivity contribution < 1.29 is 19.2 Å². The Labute approximate surface area is 120 Å². The Balaban J connectivity index is 2.35. The molecule has 2 atom stereocenters. The number of carbonyl (C=O) groups is 1. The molecule has 1 heterocycles. The first-order chi connectivity index (χ1) is 9.81. The number of hydrogen-bond donors (Lipinski definition) is 2. The highest BCUT2D eigenvalue weighted by Crippen LogP contribution is 2.27. The maximum atomic E-state index is 13.4. The Hall–Kier alpha value is -2.22. The molecular formula is C13H16FN3O4. The highest BCUT2D eigenvalue weighted by atomic mass is 19.1. The van der Waals surface area contributed by atoms with E-state index in [-0.39, 0.29) is 23.7 Å². The van der Waals surface area contributed by atoms with Gasteiger partial charge in [-0.15, -0.1) is 0 Å². The lowest BCUT2D eigenvalue weighted by Crippen LogP contribution is -2.45. The molecule has 0 radical (unpaired) electrons. The second kappa shape index (κ2) is 5.65. The van der Waals surface area contributed by atoms with Crippen LogP contribution in [-0.4, -0.2) is 40.0 Å². The summed E-state index contributed by atoms with van der Waals surface area (Å²) >= 11 is 0. The molecule has 1 amide bonds. The van der Waals surface area contributed by atoms with Crippen molar-refractivity contribution in [3.63, 3.8) is 0 Å². The number of nitrogen functional groups attached to an aromatic ring is 1. The number of carbonyl (C=O) groups excluding carboxylic acids is 1. The van der Waals surface area contributed by atoms with Gasteiger partial charge in [-0.25, -0.2) is 4.39 Å². The predicted octanol–water partition coefficient (Wildman–Crippen LogP) is 1.16. The average molecular weight is 297 g/mol. The van der Waals surface area contributed by atoms with Gasteiger partial charge in [-0.1, -0.05) is 6.92 Å². The highest BCUT2D eigenvalue weighted by molar-refractivity contribution is 5.99. The minimum absolute atomic E-state index is 0.125. The fourth-order valence-electron chi connectivity index (χ4n) is 2.39. The smallest absolute Gasteiger partial charge is 0.285 e. The summed E-state index contributed by atoms with van der Waals surface area (Å²) in [5.41, 5.74) is 4.25. The monoisotopic (exact) mass is 297 g/mol. The number of aliphatic hydroxyl groups is 1. The zero-order valence-electron chi connectivity index (χ0n) is 11.5. The molecule has 2 rings (SSSR count). The van der Waals surface area contributed by atoms with E-state index in [1.807, 2.05) is 0 Å². The van der Waals surface area contributed by atoms with Gasteiger partial charge in [0.05, 0.1) is 22.8 Å². The van der Waals surface area contributed by atoms with E-state index in [2.05, 4.69) is 0 Å². The zero-order valence-corrected chi connectivity index (χ0v) is 11.5. The van der Waals surface area contributed by atoms with Crippen LogP contribution in [0.3, 0.4) is 0 Å². The van der Waals surface area contributed by atoms with E-state index >= 15 is 0 Å². The van der Waals surface area contributed by atoms with Crippen molar-refractivity contribution in [2.75, 3.05) is 18.8 Å². The van der Waals surface area contributed by atoms with E-state index in [0.717, 1.165) is 6.07 Å². The number of aliphatic hydroxyl groups excluding tert-OH is 1. The normalized spacial score (nSPS) is 22.1. The van der Waals surface area contributed by atoms with E-state index in [9.17, 15) is 24.4 Å². The minimum Gasteiger partial charge on any atom is -0.396 e. The number of halogens is 1. The Morgan fingerprint density at radius 1 is 1.57 bits per heavy atom. The third-order valence-electron chi connectivity index (χ3n) is 3.69. The van der Waals surface area contributed by atoms with Crippen molar-refractivity contribution in [3.8, 4) is 0 Å². The standard InChI is InChI=1S/C13H16FN3O4/c1-7-6-16(3-2-12(7)18)13(19)8-4-10(15)9(14)5-11(8)17(20)21/h4-5,7,12,18H,2-3,6,15H2,1H3. The van der Waals surface area contributed by atoms with Crippen molar-refractivity contribution in [2.24, 2.45) is 5.92 Å². The van der Waals surface area contributed by atoms with Crippen LogP contribution in [0.15, 0.2) is 12.1 Å². The summed E-state index contributed by atoms with van der Waals surface area (Å²) in [7, 11) is 0. The fraction of sp³-hybridized carbons (Fsp3) is 0.462.